The molecule has 0 saturated heterocycles. The van der Waals surface area contributed by atoms with Crippen molar-refractivity contribution >= 4 is 40.8 Å². The van der Waals surface area contributed by atoms with Crippen LogP contribution in [0.4, 0.5) is 5.69 Å². The van der Waals surface area contributed by atoms with Gasteiger partial charge in [0.05, 0.1) is 37.1 Å². The van der Waals surface area contributed by atoms with Gasteiger partial charge in [-0.3, -0.25) is 9.48 Å². The molecule has 0 atom stereocenters. The zero-order valence-corrected chi connectivity index (χ0v) is 24.2. The molecule has 1 amide bonds. The van der Waals surface area contributed by atoms with Crippen molar-refractivity contribution in [1.82, 2.24) is 9.78 Å². The molecule has 0 fully saturated rings. The number of hydrogen-bond donors (Lipinski definition) is 1. The van der Waals surface area contributed by atoms with E-state index in [2.05, 4.69) is 5.10 Å². The highest BCUT2D eigenvalue weighted by Gasteiger charge is 2.26. The molecular weight excluding hydrogens is 565 g/mol. The van der Waals surface area contributed by atoms with Crippen molar-refractivity contribution in [3.8, 4) is 22.6 Å². The summed E-state index contributed by atoms with van der Waals surface area (Å²) in [4.78, 5) is 26.3. The van der Waals surface area contributed by atoms with Crippen LogP contribution in [0.25, 0.3) is 11.1 Å². The van der Waals surface area contributed by atoms with E-state index < -0.39 is 5.97 Å². The largest absolute Gasteiger partial charge is 0.493 e. The number of carbonyl (C=O) groups excluding carboxylic acids is 1. The topological polar surface area (TPSA) is 93.9 Å². The van der Waals surface area contributed by atoms with Gasteiger partial charge in [-0.25, -0.2) is 4.79 Å². The number of aromatic carboxylic acids is 1. The summed E-state index contributed by atoms with van der Waals surface area (Å²) < 4.78 is 13.6. The second-order valence-corrected chi connectivity index (χ2v) is 10.7. The Morgan fingerprint density at radius 3 is 2.61 bits per heavy atom. The third-order valence-electron chi connectivity index (χ3n) is 7.15. The van der Waals surface area contributed by atoms with Crippen molar-refractivity contribution in [2.45, 2.75) is 33.2 Å². The number of ether oxygens (including phenoxy) is 2. The first-order valence-corrected chi connectivity index (χ1v) is 14.0. The van der Waals surface area contributed by atoms with Gasteiger partial charge in [0.1, 0.15) is 12.4 Å². The first-order chi connectivity index (χ1) is 19.7. The predicted octanol–water partition coefficient (Wildman–Crippen LogP) is 6.80. The van der Waals surface area contributed by atoms with Crippen LogP contribution in [0.15, 0.2) is 60.9 Å². The third kappa shape index (κ3) is 6.19. The second-order valence-electron chi connectivity index (χ2n) is 9.85. The number of aryl methyl sites for hydroxylation is 1. The number of amides is 1. The number of carboxylic acid groups (broad SMARTS) is 1. The molecule has 3 aromatic carbocycles. The highest BCUT2D eigenvalue weighted by atomic mass is 35.5. The number of fused-ring (bicyclic) bond motifs is 1. The van der Waals surface area contributed by atoms with E-state index in [1.54, 1.807) is 15.8 Å². The molecule has 0 saturated carbocycles. The van der Waals surface area contributed by atoms with Crippen molar-refractivity contribution in [3.63, 3.8) is 0 Å². The lowest BCUT2D eigenvalue weighted by atomic mass is 10.1. The first kappa shape index (κ1) is 28.5. The maximum Gasteiger partial charge on any atom is 0.335 e. The number of carbonyl (C=O) groups is 2. The molecule has 0 spiro atoms. The summed E-state index contributed by atoms with van der Waals surface area (Å²) in [6.07, 6.45) is 4.50. The van der Waals surface area contributed by atoms with Gasteiger partial charge in [0, 0.05) is 39.4 Å². The van der Waals surface area contributed by atoms with Crippen LogP contribution in [0, 0.1) is 13.8 Å². The summed E-state index contributed by atoms with van der Waals surface area (Å²) in [5, 5.41) is 14.2. The minimum Gasteiger partial charge on any atom is -0.493 e. The third-order valence-corrected chi connectivity index (χ3v) is 7.82. The molecule has 4 aromatic rings. The van der Waals surface area contributed by atoms with Gasteiger partial charge in [-0.1, -0.05) is 47.5 Å². The predicted molar refractivity (Wildman–Crippen MR) is 159 cm³/mol. The minimum absolute atomic E-state index is 0.0149. The van der Waals surface area contributed by atoms with Gasteiger partial charge in [0.25, 0.3) is 0 Å². The van der Waals surface area contributed by atoms with Crippen LogP contribution in [0.2, 0.25) is 10.0 Å². The van der Waals surface area contributed by atoms with E-state index in [1.165, 1.54) is 17.7 Å². The Kier molecular flexibility index (Phi) is 8.52. The first-order valence-electron chi connectivity index (χ1n) is 13.2. The SMILES string of the molecule is Cc1cccc(OCCCC(=O)N2CCOc3c(-c4cnn(Cc5c(Cl)cc(C(=O)O)cc5Cl)c4)cccc32)c1C. The maximum absolute atomic E-state index is 13.2. The van der Waals surface area contributed by atoms with E-state index in [0.29, 0.717) is 43.9 Å². The van der Waals surface area contributed by atoms with Gasteiger partial charge in [0.15, 0.2) is 5.75 Å². The second kappa shape index (κ2) is 12.2. The van der Waals surface area contributed by atoms with Crippen molar-refractivity contribution in [2.75, 3.05) is 24.7 Å². The molecule has 212 valence electrons. The van der Waals surface area contributed by atoms with Crippen molar-refractivity contribution in [1.29, 1.82) is 0 Å². The van der Waals surface area contributed by atoms with Crippen LogP contribution in [0.1, 0.15) is 39.9 Å². The van der Waals surface area contributed by atoms with E-state index in [0.717, 1.165) is 28.1 Å². The van der Waals surface area contributed by atoms with Gasteiger partial charge in [-0.2, -0.15) is 5.10 Å². The molecule has 8 nitrogen and oxygen atoms in total. The van der Waals surface area contributed by atoms with Crippen LogP contribution < -0.4 is 14.4 Å². The van der Waals surface area contributed by atoms with Gasteiger partial charge in [-0.15, -0.1) is 0 Å². The summed E-state index contributed by atoms with van der Waals surface area (Å²) in [6, 6.07) is 14.4. The molecule has 2 heterocycles. The number of nitrogens with zero attached hydrogens (tertiary/aromatic N) is 3. The van der Waals surface area contributed by atoms with Gasteiger partial charge >= 0.3 is 5.97 Å². The van der Waals surface area contributed by atoms with Crippen LogP contribution in [0.3, 0.4) is 0 Å². The monoisotopic (exact) mass is 593 g/mol. The Bertz CT molecular complexity index is 1590. The lowest BCUT2D eigenvalue weighted by Crippen LogP contribution is -2.38. The molecule has 1 N–H and O–H groups in total. The van der Waals surface area contributed by atoms with E-state index >= 15 is 0 Å². The van der Waals surface area contributed by atoms with Crippen molar-refractivity contribution in [3.05, 3.63) is 93.2 Å². The Morgan fingerprint density at radius 2 is 1.85 bits per heavy atom. The van der Waals surface area contributed by atoms with Crippen LogP contribution in [-0.4, -0.2) is 46.5 Å². The molecule has 10 heteroatoms. The normalized spacial score (nSPS) is 12.5. The maximum atomic E-state index is 13.2. The van der Waals surface area contributed by atoms with Crippen molar-refractivity contribution < 1.29 is 24.2 Å². The van der Waals surface area contributed by atoms with Crippen LogP contribution in [0.5, 0.6) is 11.5 Å². The fourth-order valence-electron chi connectivity index (χ4n) is 4.78. The van der Waals surface area contributed by atoms with Crippen molar-refractivity contribution in [2.24, 2.45) is 0 Å². The van der Waals surface area contributed by atoms with Crippen LogP contribution >= 0.6 is 23.2 Å². The smallest absolute Gasteiger partial charge is 0.335 e. The van der Waals surface area contributed by atoms with E-state index in [1.807, 2.05) is 56.4 Å². The molecule has 0 bridgehead atoms. The average molecular weight is 594 g/mol. The number of hydrogen-bond acceptors (Lipinski definition) is 5. The molecule has 1 aliphatic rings. The average Bonchev–Trinajstić information content (AvgIpc) is 3.42. The molecule has 1 aromatic heterocycles. The molecule has 0 unspecified atom stereocenters. The lowest BCUT2D eigenvalue weighted by Gasteiger charge is -2.31. The van der Waals surface area contributed by atoms with E-state index in [4.69, 9.17) is 32.7 Å². The highest BCUT2D eigenvalue weighted by Crippen LogP contribution is 2.41. The number of aromatic nitrogens is 2. The number of anilines is 1. The Hall–Kier alpha value is -4.01. The van der Waals surface area contributed by atoms with Gasteiger partial charge < -0.3 is 19.5 Å². The quantitative estimate of drug-likeness (QED) is 0.214. The molecule has 41 heavy (non-hydrogen) atoms. The van der Waals surface area contributed by atoms with Crippen LogP contribution in [-0.2, 0) is 11.3 Å². The number of halogens is 2. The molecule has 5 rings (SSSR count). The molecule has 1 aliphatic heterocycles. The molecular formula is C31H29Cl2N3O5. The number of rotatable bonds is 9. The summed E-state index contributed by atoms with van der Waals surface area (Å²) in [6.45, 7) is 5.64. The van der Waals surface area contributed by atoms with Gasteiger partial charge in [-0.05, 0) is 55.7 Å². The zero-order valence-electron chi connectivity index (χ0n) is 22.7. The summed E-state index contributed by atoms with van der Waals surface area (Å²) in [7, 11) is 0. The number of carboxylic acids is 1. The lowest BCUT2D eigenvalue weighted by molar-refractivity contribution is -0.119. The van der Waals surface area contributed by atoms with Gasteiger partial charge in [0.2, 0.25) is 5.91 Å². The highest BCUT2D eigenvalue weighted by molar-refractivity contribution is 6.36. The standard InChI is InChI=1S/C31H29Cl2N3O5/c1-19-6-3-9-28(20(19)2)40-12-5-10-29(37)36-11-13-41-30-23(7-4-8-27(30)36)22-16-34-35(17-22)18-24-25(32)14-21(31(38)39)15-26(24)33/h3-4,6-9,14-17H,5,10-13,18H2,1-2H3,(H,38,39). The summed E-state index contributed by atoms with van der Waals surface area (Å²) >= 11 is 12.7. The Labute approximate surface area is 248 Å². The Balaban J connectivity index is 1.28. The fourth-order valence-corrected chi connectivity index (χ4v) is 5.39. The van der Waals surface area contributed by atoms with E-state index in [9.17, 15) is 14.7 Å². The fraction of sp³-hybridized carbons (Fsp3) is 0.258. The molecule has 0 aliphatic carbocycles. The number of benzene rings is 3. The number of para-hydroxylation sites is 1. The molecule has 0 radical (unpaired) electrons. The Morgan fingerprint density at radius 1 is 1.10 bits per heavy atom. The van der Waals surface area contributed by atoms with E-state index in [-0.39, 0.29) is 28.1 Å². The summed E-state index contributed by atoms with van der Waals surface area (Å²) in [5.74, 6) is 0.385. The zero-order chi connectivity index (χ0) is 29.1. The minimum atomic E-state index is -1.10. The summed E-state index contributed by atoms with van der Waals surface area (Å²) in [5.41, 5.74) is 5.20.